The summed E-state index contributed by atoms with van der Waals surface area (Å²) < 4.78 is 149. The fraction of sp³-hybridized carbons (Fsp3) is 0.875. The van der Waals surface area contributed by atoms with Crippen LogP contribution < -0.4 is 0 Å². The largest absolute Gasteiger partial charge is 0.400 e. The van der Waals surface area contributed by atoms with Crippen LogP contribution in [-0.2, 0) is 112 Å². The first kappa shape index (κ1) is 48.4. The number of rotatable bonds is 1. The third kappa shape index (κ3) is 23.7. The SMILES string of the molecule is C=S1(=O)OCCC(C)O1.C=S1(=O)OCCCO1.C=S1(=O)OCCO1.CC1CC(C)OS(=O)(=O)O1.CC1COS(=O)(=O)O1.CCC1COS(=O)(=O)O1. The van der Waals surface area contributed by atoms with Crippen LogP contribution in [0.3, 0.4) is 0 Å². The third-order valence-electron chi connectivity index (χ3n) is 5.59. The van der Waals surface area contributed by atoms with E-state index in [2.05, 4.69) is 59.4 Å². The second-order valence-electron chi connectivity index (χ2n) is 10.7. The molecule has 0 aromatic heterocycles. The molecule has 306 valence electrons. The zero-order chi connectivity index (χ0) is 39.2. The molecule has 0 aliphatic carbocycles. The summed E-state index contributed by atoms with van der Waals surface area (Å²) >= 11 is 0. The van der Waals surface area contributed by atoms with Gasteiger partial charge in [0.2, 0.25) is 0 Å². The van der Waals surface area contributed by atoms with Gasteiger partial charge in [-0.05, 0) is 47.0 Å². The van der Waals surface area contributed by atoms with E-state index < -0.39 is 61.4 Å². The average Bonchev–Trinajstić information content (AvgIpc) is 3.64. The first-order chi connectivity index (χ1) is 23.2. The molecule has 6 unspecified atom stereocenters. The minimum Gasteiger partial charge on any atom is -0.278 e. The van der Waals surface area contributed by atoms with Crippen molar-refractivity contribution in [2.45, 2.75) is 90.8 Å². The summed E-state index contributed by atoms with van der Waals surface area (Å²) in [7, 11) is -18.6. The van der Waals surface area contributed by atoms with Crippen molar-refractivity contribution in [1.82, 2.24) is 0 Å². The first-order valence-corrected chi connectivity index (χ1v) is 23.8. The minimum atomic E-state index is -3.68. The van der Waals surface area contributed by atoms with E-state index in [1.807, 2.05) is 13.8 Å². The Hall–Kier alpha value is -0.570. The van der Waals surface area contributed by atoms with Crippen LogP contribution >= 0.6 is 0 Å². The van der Waals surface area contributed by atoms with Crippen LogP contribution in [-0.4, -0.2) is 132 Å². The Morgan fingerprint density at radius 1 is 0.471 bits per heavy atom. The lowest BCUT2D eigenvalue weighted by molar-refractivity contribution is 0.0586. The highest BCUT2D eigenvalue weighted by molar-refractivity contribution is 7.92. The maximum atomic E-state index is 10.9. The van der Waals surface area contributed by atoms with Gasteiger partial charge in [-0.2, -0.15) is 25.3 Å². The predicted molar refractivity (Wildman–Crippen MR) is 185 cm³/mol. The van der Waals surface area contributed by atoms with Crippen molar-refractivity contribution in [3.8, 4) is 0 Å². The van der Waals surface area contributed by atoms with Crippen molar-refractivity contribution in [3.05, 3.63) is 0 Å². The molecular formula is C24H48O21S6. The quantitative estimate of drug-likeness (QED) is 0.316. The van der Waals surface area contributed by atoms with Gasteiger partial charge in [0.25, 0.3) is 0 Å². The molecule has 0 N–H and O–H groups in total. The van der Waals surface area contributed by atoms with E-state index in [-0.39, 0.29) is 43.7 Å². The number of hydrogen-bond acceptors (Lipinski definition) is 21. The Morgan fingerprint density at radius 3 is 1.14 bits per heavy atom. The topological polar surface area (TPSA) is 264 Å². The van der Waals surface area contributed by atoms with Crippen molar-refractivity contribution in [3.63, 3.8) is 0 Å². The summed E-state index contributed by atoms with van der Waals surface area (Å²) in [5, 5.41) is 0. The van der Waals surface area contributed by atoms with Gasteiger partial charge in [-0.3, -0.25) is 25.1 Å². The third-order valence-corrected chi connectivity index (χ3v) is 11.9. The van der Waals surface area contributed by atoms with Crippen molar-refractivity contribution in [2.75, 3.05) is 46.2 Å². The molecule has 21 nitrogen and oxygen atoms in total. The summed E-state index contributed by atoms with van der Waals surface area (Å²) in [5.41, 5.74) is 0. The molecule has 0 aromatic rings. The standard InChI is InChI=1S/C5H10O4S.C5H10O3S.C4H8O4S.C4H8O3S.C3H6O4S.C3H6O3S/c1-4-3-5(2)9-10(6,7)8-4;1-5-3-4-7-9(2,6)8-5;1-2-4-3-7-9(5,6)8-4;1-8(5)6-3-2-4-7-8;1-3-2-6-8(4,5)7-3;1-7(4)5-2-3-6-7/h4-5H,3H2,1-2H3;5H,2-4H2,1H3;4H,2-3H2,1H3;1-4H2;3H,2H2,1H3;1-3H2. The monoisotopic (exact) mass is 864 g/mol. The Kier molecular flexibility index (Phi) is 20.4. The van der Waals surface area contributed by atoms with Gasteiger partial charge in [-0.25, -0.2) is 37.7 Å². The molecule has 0 amide bonds. The molecule has 6 aliphatic rings. The molecule has 6 saturated heterocycles. The molecule has 51 heavy (non-hydrogen) atoms. The summed E-state index contributed by atoms with van der Waals surface area (Å²) in [6, 6.07) is 0. The molecule has 27 heteroatoms. The lowest BCUT2D eigenvalue weighted by Gasteiger charge is -2.23. The smallest absolute Gasteiger partial charge is 0.278 e. The maximum Gasteiger partial charge on any atom is 0.400 e. The van der Waals surface area contributed by atoms with Crippen LogP contribution in [0.1, 0.15) is 60.3 Å². The Morgan fingerprint density at radius 2 is 0.902 bits per heavy atom. The molecule has 6 fully saturated rings. The molecule has 0 saturated carbocycles. The van der Waals surface area contributed by atoms with Crippen molar-refractivity contribution >= 4 is 79.1 Å². The molecule has 0 aromatic carbocycles. The van der Waals surface area contributed by atoms with E-state index in [0.29, 0.717) is 45.9 Å². The Balaban J connectivity index is 0.000000307. The fourth-order valence-electron chi connectivity index (χ4n) is 3.46. The zero-order valence-corrected chi connectivity index (χ0v) is 33.7. The average molecular weight is 865 g/mol. The van der Waals surface area contributed by atoms with Crippen LogP contribution in [0.25, 0.3) is 0 Å². The summed E-state index contributed by atoms with van der Waals surface area (Å²) in [6.45, 7) is 11.3. The number of hydrogen-bond donors (Lipinski definition) is 0. The maximum absolute atomic E-state index is 10.9. The summed E-state index contributed by atoms with van der Waals surface area (Å²) in [6.07, 6.45) is 1.82. The van der Waals surface area contributed by atoms with Gasteiger partial charge in [0.1, 0.15) is 12.2 Å². The first-order valence-electron chi connectivity index (χ1n) is 15.0. The van der Waals surface area contributed by atoms with Gasteiger partial charge in [0.15, 0.2) is 30.3 Å². The summed E-state index contributed by atoms with van der Waals surface area (Å²) in [4.78, 5) is 0. The van der Waals surface area contributed by atoms with Crippen molar-refractivity contribution in [1.29, 1.82) is 0 Å². The zero-order valence-electron chi connectivity index (χ0n) is 28.8. The molecule has 6 heterocycles. The van der Waals surface area contributed by atoms with E-state index in [0.717, 1.165) is 12.8 Å². The van der Waals surface area contributed by atoms with Gasteiger partial charge in [0.05, 0.1) is 64.6 Å². The molecular weight excluding hydrogens is 817 g/mol. The van der Waals surface area contributed by atoms with Crippen LogP contribution in [0, 0.1) is 0 Å². The fourth-order valence-corrected chi connectivity index (χ4v) is 8.77. The van der Waals surface area contributed by atoms with Crippen LogP contribution in [0.4, 0.5) is 0 Å². The van der Waals surface area contributed by atoms with E-state index in [9.17, 15) is 37.9 Å². The Labute approximate surface area is 303 Å². The van der Waals surface area contributed by atoms with Crippen molar-refractivity contribution in [2.24, 2.45) is 0 Å². The van der Waals surface area contributed by atoms with E-state index >= 15 is 0 Å². The molecule has 6 atom stereocenters. The van der Waals surface area contributed by atoms with E-state index in [4.69, 9.17) is 8.37 Å². The van der Waals surface area contributed by atoms with Gasteiger partial charge in [-0.1, -0.05) is 6.92 Å². The molecule has 0 radical (unpaired) electrons. The summed E-state index contributed by atoms with van der Waals surface area (Å²) in [5.74, 6) is 9.63. The van der Waals surface area contributed by atoms with E-state index in [1.165, 1.54) is 0 Å². The lowest BCUT2D eigenvalue weighted by Crippen LogP contribution is -2.31. The van der Waals surface area contributed by atoms with Crippen LogP contribution in [0.2, 0.25) is 0 Å². The lowest BCUT2D eigenvalue weighted by atomic mass is 10.2. The second kappa shape index (κ2) is 21.5. The minimum absolute atomic E-state index is 0.0174. The normalized spacial score (nSPS) is 35.1. The highest BCUT2D eigenvalue weighted by atomic mass is 32.3. The van der Waals surface area contributed by atoms with Crippen molar-refractivity contribution < 1.29 is 88.1 Å². The van der Waals surface area contributed by atoms with E-state index in [1.54, 1.807) is 20.8 Å². The molecule has 6 rings (SSSR count). The molecule has 0 bridgehead atoms. The van der Waals surface area contributed by atoms with Crippen LogP contribution in [0.5, 0.6) is 0 Å². The highest BCUT2D eigenvalue weighted by Crippen LogP contribution is 2.18. The Bertz CT molecular complexity index is 1640. The molecule has 0 spiro atoms. The molecule has 6 aliphatic heterocycles. The van der Waals surface area contributed by atoms with Gasteiger partial charge in [0, 0.05) is 24.0 Å². The highest BCUT2D eigenvalue weighted by Gasteiger charge is 2.29. The second-order valence-corrected chi connectivity index (χ2v) is 19.1. The van der Waals surface area contributed by atoms with Crippen LogP contribution in [0.15, 0.2) is 0 Å². The predicted octanol–water partition coefficient (Wildman–Crippen LogP) is 0.0757. The van der Waals surface area contributed by atoms with Gasteiger partial charge < -0.3 is 0 Å². The van der Waals surface area contributed by atoms with Gasteiger partial charge >= 0.3 is 31.2 Å². The van der Waals surface area contributed by atoms with Gasteiger partial charge in [-0.15, -0.1) is 0 Å².